The zero-order valence-corrected chi connectivity index (χ0v) is 11.6. The first kappa shape index (κ1) is 13.0. The largest absolute Gasteiger partial charge is 0.497 e. The molecule has 0 bridgehead atoms. The van der Waals surface area contributed by atoms with E-state index in [0.29, 0.717) is 11.7 Å². The Morgan fingerprint density at radius 3 is 2.80 bits per heavy atom. The number of aromatic nitrogens is 2. The topological polar surface area (TPSA) is 62.3 Å². The van der Waals surface area contributed by atoms with E-state index in [4.69, 9.17) is 15.2 Å². The highest BCUT2D eigenvalue weighted by Gasteiger charge is 2.16. The number of hydrogen-bond donors (Lipinski definition) is 1. The quantitative estimate of drug-likeness (QED) is 0.873. The predicted molar refractivity (Wildman–Crippen MR) is 77.7 cm³/mol. The molecule has 2 aromatic rings. The van der Waals surface area contributed by atoms with Crippen LogP contribution >= 0.6 is 0 Å². The van der Waals surface area contributed by atoms with Gasteiger partial charge in [0, 0.05) is 36.7 Å². The van der Waals surface area contributed by atoms with Crippen molar-refractivity contribution in [1.82, 2.24) is 9.78 Å². The molecule has 0 spiro atoms. The monoisotopic (exact) mass is 273 g/mol. The van der Waals surface area contributed by atoms with E-state index in [1.54, 1.807) is 7.11 Å². The number of hydrogen-bond acceptors (Lipinski definition) is 4. The van der Waals surface area contributed by atoms with Crippen LogP contribution in [0.5, 0.6) is 5.75 Å². The Bertz CT molecular complexity index is 589. The molecule has 5 nitrogen and oxygen atoms in total. The van der Waals surface area contributed by atoms with Crippen molar-refractivity contribution in [3.05, 3.63) is 30.6 Å². The van der Waals surface area contributed by atoms with Gasteiger partial charge in [-0.1, -0.05) is 0 Å². The van der Waals surface area contributed by atoms with Crippen LogP contribution in [0.1, 0.15) is 18.9 Å². The number of nitrogens with two attached hydrogens (primary N) is 1. The molecule has 2 heterocycles. The Morgan fingerprint density at radius 1 is 1.25 bits per heavy atom. The third-order valence-electron chi connectivity index (χ3n) is 3.66. The molecule has 0 saturated carbocycles. The average molecular weight is 273 g/mol. The van der Waals surface area contributed by atoms with Gasteiger partial charge in [0.25, 0.3) is 0 Å². The molecule has 0 amide bonds. The standard InChI is InChI=1S/C15H19N3O2/c1-19-15-7-11(6-13(16)8-15)12-9-17-18(10-12)14-2-4-20-5-3-14/h6-10,14H,2-5,16H2,1H3. The van der Waals surface area contributed by atoms with Gasteiger partial charge in [-0.15, -0.1) is 0 Å². The van der Waals surface area contributed by atoms with E-state index < -0.39 is 0 Å². The van der Waals surface area contributed by atoms with Gasteiger partial charge in [0.1, 0.15) is 5.75 Å². The first-order valence-corrected chi connectivity index (χ1v) is 6.83. The summed E-state index contributed by atoms with van der Waals surface area (Å²) in [6.45, 7) is 1.62. The van der Waals surface area contributed by atoms with Crippen molar-refractivity contribution in [3.8, 4) is 16.9 Å². The van der Waals surface area contributed by atoms with E-state index in [9.17, 15) is 0 Å². The number of nitrogens with zero attached hydrogens (tertiary/aromatic N) is 2. The first-order valence-electron chi connectivity index (χ1n) is 6.83. The summed E-state index contributed by atoms with van der Waals surface area (Å²) >= 11 is 0. The minimum atomic E-state index is 0.431. The van der Waals surface area contributed by atoms with Crippen LogP contribution in [0.4, 0.5) is 5.69 Å². The molecule has 1 aliphatic heterocycles. The van der Waals surface area contributed by atoms with Crippen molar-refractivity contribution in [3.63, 3.8) is 0 Å². The molecule has 1 aromatic heterocycles. The average Bonchev–Trinajstić information content (AvgIpc) is 2.97. The van der Waals surface area contributed by atoms with Gasteiger partial charge >= 0.3 is 0 Å². The number of benzene rings is 1. The molecule has 0 unspecified atom stereocenters. The molecular formula is C15H19N3O2. The molecule has 1 aromatic carbocycles. The third-order valence-corrected chi connectivity index (χ3v) is 3.66. The van der Waals surface area contributed by atoms with Crippen molar-refractivity contribution >= 4 is 5.69 Å². The fraction of sp³-hybridized carbons (Fsp3) is 0.400. The maximum absolute atomic E-state index is 5.90. The van der Waals surface area contributed by atoms with Crippen LogP contribution < -0.4 is 10.5 Å². The van der Waals surface area contributed by atoms with E-state index in [-0.39, 0.29) is 0 Å². The maximum atomic E-state index is 5.90. The summed E-state index contributed by atoms with van der Waals surface area (Å²) in [5.41, 5.74) is 8.68. The summed E-state index contributed by atoms with van der Waals surface area (Å²) in [7, 11) is 1.64. The molecule has 5 heteroatoms. The Morgan fingerprint density at radius 2 is 2.05 bits per heavy atom. The second-order valence-electron chi connectivity index (χ2n) is 5.05. The van der Waals surface area contributed by atoms with Crippen molar-refractivity contribution in [2.45, 2.75) is 18.9 Å². The van der Waals surface area contributed by atoms with Crippen molar-refractivity contribution in [1.29, 1.82) is 0 Å². The van der Waals surface area contributed by atoms with Crippen LogP contribution in [-0.2, 0) is 4.74 Å². The third kappa shape index (κ3) is 2.63. The second kappa shape index (κ2) is 5.54. The lowest BCUT2D eigenvalue weighted by molar-refractivity contribution is 0.0662. The van der Waals surface area contributed by atoms with E-state index >= 15 is 0 Å². The van der Waals surface area contributed by atoms with Gasteiger partial charge in [0.05, 0.1) is 19.3 Å². The zero-order valence-electron chi connectivity index (χ0n) is 11.6. The lowest BCUT2D eigenvalue weighted by Crippen LogP contribution is -2.19. The van der Waals surface area contributed by atoms with Crippen molar-refractivity contribution < 1.29 is 9.47 Å². The van der Waals surface area contributed by atoms with Crippen LogP contribution in [0.15, 0.2) is 30.6 Å². The minimum absolute atomic E-state index is 0.431. The molecule has 1 saturated heterocycles. The molecule has 1 fully saturated rings. The highest BCUT2D eigenvalue weighted by Crippen LogP contribution is 2.28. The molecule has 20 heavy (non-hydrogen) atoms. The minimum Gasteiger partial charge on any atom is -0.497 e. The fourth-order valence-corrected chi connectivity index (χ4v) is 2.54. The summed E-state index contributed by atoms with van der Waals surface area (Å²) < 4.78 is 12.7. The van der Waals surface area contributed by atoms with Crippen LogP contribution in [0.2, 0.25) is 0 Å². The lowest BCUT2D eigenvalue weighted by atomic mass is 10.1. The van der Waals surface area contributed by atoms with E-state index in [1.807, 2.05) is 29.1 Å². The number of ether oxygens (including phenoxy) is 2. The van der Waals surface area contributed by atoms with Crippen LogP contribution in [0.3, 0.4) is 0 Å². The summed E-state index contributed by atoms with van der Waals surface area (Å²) in [5.74, 6) is 0.763. The number of methoxy groups -OCH3 is 1. The Kier molecular flexibility index (Phi) is 3.60. The van der Waals surface area contributed by atoms with Gasteiger partial charge in [-0.3, -0.25) is 4.68 Å². The second-order valence-corrected chi connectivity index (χ2v) is 5.05. The normalized spacial score (nSPS) is 16.2. The maximum Gasteiger partial charge on any atom is 0.121 e. The van der Waals surface area contributed by atoms with Gasteiger partial charge in [-0.25, -0.2) is 0 Å². The summed E-state index contributed by atoms with van der Waals surface area (Å²) in [6, 6.07) is 6.16. The molecular weight excluding hydrogens is 254 g/mol. The zero-order chi connectivity index (χ0) is 13.9. The van der Waals surface area contributed by atoms with Crippen molar-refractivity contribution in [2.75, 3.05) is 26.1 Å². The number of nitrogen functional groups attached to an aromatic ring is 1. The molecule has 2 N–H and O–H groups in total. The fourth-order valence-electron chi connectivity index (χ4n) is 2.54. The first-order chi connectivity index (χ1) is 9.76. The van der Waals surface area contributed by atoms with Gasteiger partial charge in [0.15, 0.2) is 0 Å². The molecule has 0 radical (unpaired) electrons. The smallest absolute Gasteiger partial charge is 0.121 e. The summed E-state index contributed by atoms with van der Waals surface area (Å²) in [4.78, 5) is 0. The highest BCUT2D eigenvalue weighted by atomic mass is 16.5. The molecule has 1 aliphatic rings. The van der Waals surface area contributed by atoms with Crippen LogP contribution in [0.25, 0.3) is 11.1 Å². The molecule has 106 valence electrons. The summed E-state index contributed by atoms with van der Waals surface area (Å²) in [6.07, 6.45) is 5.98. The SMILES string of the molecule is COc1cc(N)cc(-c2cnn(C3CCOCC3)c2)c1. The predicted octanol–water partition coefficient (Wildman–Crippen LogP) is 2.49. The van der Waals surface area contributed by atoms with Crippen LogP contribution in [-0.4, -0.2) is 30.1 Å². The van der Waals surface area contributed by atoms with Crippen molar-refractivity contribution in [2.24, 2.45) is 0 Å². The number of anilines is 1. The number of rotatable bonds is 3. The van der Waals surface area contributed by atoms with E-state index in [2.05, 4.69) is 11.3 Å². The van der Waals surface area contributed by atoms with Gasteiger partial charge in [-0.05, 0) is 30.5 Å². The molecule has 0 atom stereocenters. The van der Waals surface area contributed by atoms with Gasteiger partial charge in [0.2, 0.25) is 0 Å². The van der Waals surface area contributed by atoms with E-state index in [1.165, 1.54) is 0 Å². The van der Waals surface area contributed by atoms with Gasteiger partial charge in [-0.2, -0.15) is 5.10 Å². The Labute approximate surface area is 118 Å². The van der Waals surface area contributed by atoms with Gasteiger partial charge < -0.3 is 15.2 Å². The summed E-state index contributed by atoms with van der Waals surface area (Å²) in [5, 5.41) is 4.48. The highest BCUT2D eigenvalue weighted by molar-refractivity contribution is 5.68. The molecule has 0 aliphatic carbocycles. The van der Waals surface area contributed by atoms with E-state index in [0.717, 1.165) is 42.9 Å². The Balaban J connectivity index is 1.87. The van der Waals surface area contributed by atoms with Crippen LogP contribution in [0, 0.1) is 0 Å². The lowest BCUT2D eigenvalue weighted by Gasteiger charge is -2.22. The molecule has 3 rings (SSSR count). The Hall–Kier alpha value is -2.01.